The number of para-hydroxylation sites is 1. The lowest BCUT2D eigenvalue weighted by Gasteiger charge is -2.06. The van der Waals surface area contributed by atoms with Gasteiger partial charge in [-0.25, -0.2) is 4.39 Å². The molecule has 0 aliphatic carbocycles. The summed E-state index contributed by atoms with van der Waals surface area (Å²) in [4.78, 5) is 17.2. The smallest absolute Gasteiger partial charge is 0.255 e. The Morgan fingerprint density at radius 1 is 1.21 bits per heavy atom. The molecule has 0 spiro atoms. The number of carbonyl (C=O) groups excluding carboxylic acids is 1. The first kappa shape index (κ1) is 16.2. The molecule has 0 aliphatic rings. The molecule has 24 heavy (non-hydrogen) atoms. The molecule has 1 N–H and O–H groups in total. The summed E-state index contributed by atoms with van der Waals surface area (Å²) in [6.07, 6.45) is 0. The Morgan fingerprint density at radius 3 is 2.62 bits per heavy atom. The van der Waals surface area contributed by atoms with Crippen LogP contribution in [-0.4, -0.2) is 16.0 Å². The predicted octanol–water partition coefficient (Wildman–Crippen LogP) is 4.06. The number of aryl methyl sites for hydroxylation is 1. The number of anilines is 1. The molecule has 1 aromatic heterocycles. The Labute approximate surface area is 142 Å². The van der Waals surface area contributed by atoms with E-state index in [0.717, 1.165) is 4.90 Å². The molecule has 0 radical (unpaired) electrons. The Bertz CT molecular complexity index is 849. The van der Waals surface area contributed by atoms with Crippen molar-refractivity contribution in [2.45, 2.75) is 17.6 Å². The largest absolute Gasteiger partial charge is 0.338 e. The molecule has 1 amide bonds. The summed E-state index contributed by atoms with van der Waals surface area (Å²) in [6.45, 7) is 1.76. The van der Waals surface area contributed by atoms with Crippen molar-refractivity contribution in [3.8, 4) is 0 Å². The third kappa shape index (κ3) is 3.99. The van der Waals surface area contributed by atoms with Gasteiger partial charge in [-0.1, -0.05) is 17.3 Å². The molecule has 0 bridgehead atoms. The number of rotatable bonds is 5. The van der Waals surface area contributed by atoms with E-state index >= 15 is 0 Å². The van der Waals surface area contributed by atoms with E-state index in [1.54, 1.807) is 31.2 Å². The van der Waals surface area contributed by atoms with Gasteiger partial charge in [0, 0.05) is 10.5 Å². The molecule has 0 saturated heterocycles. The molecule has 5 nitrogen and oxygen atoms in total. The third-order valence-electron chi connectivity index (χ3n) is 3.17. The van der Waals surface area contributed by atoms with Crippen LogP contribution in [0.2, 0.25) is 0 Å². The number of thioether (sulfide) groups is 1. The minimum Gasteiger partial charge on any atom is -0.338 e. The highest BCUT2D eigenvalue weighted by atomic mass is 32.2. The summed E-state index contributed by atoms with van der Waals surface area (Å²) in [5, 5.41) is 6.28. The van der Waals surface area contributed by atoms with Crippen LogP contribution in [0.5, 0.6) is 0 Å². The summed E-state index contributed by atoms with van der Waals surface area (Å²) in [5.74, 6) is 0.892. The molecule has 3 rings (SSSR count). The van der Waals surface area contributed by atoms with Crippen molar-refractivity contribution in [2.75, 3.05) is 5.32 Å². The van der Waals surface area contributed by atoms with Crippen LogP contribution in [0.4, 0.5) is 10.1 Å². The number of nitrogens with zero attached hydrogens (tertiary/aromatic N) is 2. The lowest BCUT2D eigenvalue weighted by Crippen LogP contribution is -2.12. The van der Waals surface area contributed by atoms with Crippen molar-refractivity contribution < 1.29 is 13.7 Å². The van der Waals surface area contributed by atoms with Gasteiger partial charge < -0.3 is 9.84 Å². The minimum absolute atomic E-state index is 0.160. The second kappa shape index (κ2) is 7.27. The van der Waals surface area contributed by atoms with Crippen molar-refractivity contribution in [1.29, 1.82) is 0 Å². The third-order valence-corrected chi connectivity index (χ3v) is 4.17. The van der Waals surface area contributed by atoms with Crippen LogP contribution in [0.1, 0.15) is 22.1 Å². The van der Waals surface area contributed by atoms with Crippen molar-refractivity contribution in [1.82, 2.24) is 10.1 Å². The highest BCUT2D eigenvalue weighted by Gasteiger charge is 2.09. The van der Waals surface area contributed by atoms with Crippen LogP contribution >= 0.6 is 11.8 Å². The molecule has 2 aromatic carbocycles. The molecule has 0 unspecified atom stereocenters. The van der Waals surface area contributed by atoms with Crippen LogP contribution < -0.4 is 5.32 Å². The fraction of sp³-hybridized carbons (Fsp3) is 0.118. The van der Waals surface area contributed by atoms with Crippen LogP contribution in [0.3, 0.4) is 0 Å². The predicted molar refractivity (Wildman–Crippen MR) is 89.4 cm³/mol. The van der Waals surface area contributed by atoms with Crippen molar-refractivity contribution in [3.05, 3.63) is 71.6 Å². The molecule has 1 heterocycles. The van der Waals surface area contributed by atoms with Gasteiger partial charge in [0.15, 0.2) is 5.82 Å². The molecular weight excluding hydrogens is 329 g/mol. The Balaban J connectivity index is 1.61. The number of aromatic nitrogens is 2. The highest BCUT2D eigenvalue weighted by Crippen LogP contribution is 2.23. The molecule has 0 aliphatic heterocycles. The van der Waals surface area contributed by atoms with Crippen LogP contribution in [0.25, 0.3) is 0 Å². The minimum atomic E-state index is -0.465. The number of nitrogens with one attached hydrogen (secondary N) is 1. The van der Waals surface area contributed by atoms with E-state index in [1.807, 2.05) is 12.1 Å². The maximum absolute atomic E-state index is 13.6. The Hall–Kier alpha value is -2.67. The van der Waals surface area contributed by atoms with Gasteiger partial charge >= 0.3 is 0 Å². The van der Waals surface area contributed by atoms with E-state index in [2.05, 4.69) is 15.5 Å². The summed E-state index contributed by atoms with van der Waals surface area (Å²) in [6, 6.07) is 13.1. The van der Waals surface area contributed by atoms with E-state index in [-0.39, 0.29) is 11.6 Å². The number of hydrogen-bond donors (Lipinski definition) is 1. The number of halogens is 1. The fourth-order valence-corrected chi connectivity index (χ4v) is 2.74. The summed E-state index contributed by atoms with van der Waals surface area (Å²) in [7, 11) is 0. The van der Waals surface area contributed by atoms with E-state index < -0.39 is 5.82 Å². The maximum Gasteiger partial charge on any atom is 0.255 e. The zero-order valence-electron chi connectivity index (χ0n) is 12.8. The molecule has 7 heteroatoms. The van der Waals surface area contributed by atoms with E-state index in [1.165, 1.54) is 23.9 Å². The van der Waals surface area contributed by atoms with Gasteiger partial charge in [-0.2, -0.15) is 4.98 Å². The van der Waals surface area contributed by atoms with Crippen molar-refractivity contribution in [2.24, 2.45) is 0 Å². The second-order valence-electron chi connectivity index (χ2n) is 4.98. The summed E-state index contributed by atoms with van der Waals surface area (Å²) >= 11 is 1.53. The quantitative estimate of drug-likeness (QED) is 0.708. The van der Waals surface area contributed by atoms with Crippen LogP contribution in [-0.2, 0) is 5.75 Å². The Morgan fingerprint density at radius 2 is 1.96 bits per heavy atom. The first-order chi connectivity index (χ1) is 11.6. The number of benzene rings is 2. The molecule has 3 aromatic rings. The van der Waals surface area contributed by atoms with Crippen molar-refractivity contribution >= 4 is 23.4 Å². The monoisotopic (exact) mass is 343 g/mol. The number of carbonyl (C=O) groups is 1. The summed E-state index contributed by atoms with van der Waals surface area (Å²) in [5.41, 5.74) is 0.615. The average molecular weight is 343 g/mol. The second-order valence-corrected chi connectivity index (χ2v) is 6.03. The fourth-order valence-electron chi connectivity index (χ4n) is 2.00. The van der Waals surface area contributed by atoms with Gasteiger partial charge in [-0.15, -0.1) is 11.8 Å². The molecule has 0 fully saturated rings. The molecule has 0 atom stereocenters. The van der Waals surface area contributed by atoms with Gasteiger partial charge in [0.05, 0.1) is 11.4 Å². The molecular formula is C17H14FN3O2S. The summed E-state index contributed by atoms with van der Waals surface area (Å²) < 4.78 is 18.6. The van der Waals surface area contributed by atoms with E-state index in [9.17, 15) is 9.18 Å². The zero-order valence-corrected chi connectivity index (χ0v) is 13.6. The first-order valence-corrected chi connectivity index (χ1v) is 8.18. The SMILES string of the molecule is Cc1noc(CSc2ccc(C(=O)Nc3ccccc3F)cc2)n1. The van der Waals surface area contributed by atoms with Gasteiger partial charge in [0.1, 0.15) is 5.82 Å². The van der Waals surface area contributed by atoms with Crippen LogP contribution in [0.15, 0.2) is 57.9 Å². The number of hydrogen-bond acceptors (Lipinski definition) is 5. The zero-order chi connectivity index (χ0) is 16.9. The lowest BCUT2D eigenvalue weighted by molar-refractivity contribution is 0.102. The van der Waals surface area contributed by atoms with Gasteiger partial charge in [0.25, 0.3) is 5.91 Å². The van der Waals surface area contributed by atoms with Gasteiger partial charge in [0.2, 0.25) is 5.89 Å². The average Bonchev–Trinajstić information content (AvgIpc) is 3.01. The Kier molecular flexibility index (Phi) is 4.90. The van der Waals surface area contributed by atoms with E-state index in [4.69, 9.17) is 4.52 Å². The molecule has 0 saturated carbocycles. The maximum atomic E-state index is 13.6. The lowest BCUT2D eigenvalue weighted by atomic mass is 10.2. The van der Waals surface area contributed by atoms with Crippen LogP contribution in [0, 0.1) is 12.7 Å². The highest BCUT2D eigenvalue weighted by molar-refractivity contribution is 7.98. The standard InChI is InChI=1S/C17H14FN3O2S/c1-11-19-16(23-21-11)10-24-13-8-6-12(7-9-13)17(22)20-15-5-3-2-4-14(15)18/h2-9H,10H2,1H3,(H,20,22). The molecule has 122 valence electrons. The number of amides is 1. The normalized spacial score (nSPS) is 10.6. The van der Waals surface area contributed by atoms with Gasteiger partial charge in [-0.05, 0) is 43.3 Å². The van der Waals surface area contributed by atoms with E-state index in [0.29, 0.717) is 23.0 Å². The van der Waals surface area contributed by atoms with Gasteiger partial charge in [-0.3, -0.25) is 4.79 Å². The first-order valence-electron chi connectivity index (χ1n) is 7.20. The van der Waals surface area contributed by atoms with Crippen molar-refractivity contribution in [3.63, 3.8) is 0 Å². The topological polar surface area (TPSA) is 68.0 Å².